The van der Waals surface area contributed by atoms with Crippen LogP contribution in [-0.2, 0) is 20.6 Å². The average molecular weight is 325 g/mol. The van der Waals surface area contributed by atoms with E-state index in [0.29, 0.717) is 24.3 Å². The molecule has 1 aliphatic heterocycles. The Morgan fingerprint density at radius 2 is 2.18 bits per heavy atom. The number of carbonyl (C=O) groups is 1. The molecule has 0 unspecified atom stereocenters. The van der Waals surface area contributed by atoms with Crippen LogP contribution in [0.5, 0.6) is 5.75 Å². The van der Waals surface area contributed by atoms with Crippen molar-refractivity contribution in [2.24, 2.45) is 5.41 Å². The van der Waals surface area contributed by atoms with Crippen LogP contribution >= 0.6 is 0 Å². The molecule has 1 spiro atoms. The van der Waals surface area contributed by atoms with Gasteiger partial charge in [-0.3, -0.25) is 4.79 Å². The fourth-order valence-electron chi connectivity index (χ4n) is 3.11. The maximum atomic E-state index is 12.7. The molecule has 0 radical (unpaired) electrons. The van der Waals surface area contributed by atoms with Crippen molar-refractivity contribution in [2.45, 2.75) is 31.1 Å². The van der Waals surface area contributed by atoms with Crippen molar-refractivity contribution in [1.82, 2.24) is 4.31 Å². The van der Waals surface area contributed by atoms with E-state index in [9.17, 15) is 18.3 Å². The van der Waals surface area contributed by atoms with E-state index in [2.05, 4.69) is 0 Å². The third kappa shape index (κ3) is 2.83. The van der Waals surface area contributed by atoms with Gasteiger partial charge in [0.2, 0.25) is 10.0 Å². The van der Waals surface area contributed by atoms with Crippen molar-refractivity contribution in [2.75, 3.05) is 13.7 Å². The van der Waals surface area contributed by atoms with Crippen LogP contribution in [0.25, 0.3) is 0 Å². The SMILES string of the molecule is COc1cccc(CS(=O)(=O)N2CC3(CC3)C[C@H]2C(=O)O)c1. The number of methoxy groups -OCH3 is 1. The molecule has 1 atom stereocenters. The zero-order valence-electron chi connectivity index (χ0n) is 12.4. The molecule has 2 fully saturated rings. The Labute approximate surface area is 129 Å². The fraction of sp³-hybridized carbons (Fsp3) is 0.533. The van der Waals surface area contributed by atoms with Gasteiger partial charge in [0, 0.05) is 6.54 Å². The van der Waals surface area contributed by atoms with E-state index in [0.717, 1.165) is 12.8 Å². The van der Waals surface area contributed by atoms with Crippen molar-refractivity contribution in [3.63, 3.8) is 0 Å². The number of sulfonamides is 1. The Morgan fingerprint density at radius 3 is 2.77 bits per heavy atom. The lowest BCUT2D eigenvalue weighted by atomic mass is 10.0. The standard InChI is InChI=1S/C15H19NO5S/c1-21-12-4-2-3-11(7-12)9-22(19,20)16-10-15(5-6-15)8-13(16)14(17)18/h2-4,7,13H,5-6,8-10H2,1H3,(H,17,18)/t13-/m0/s1. The summed E-state index contributed by atoms with van der Waals surface area (Å²) in [7, 11) is -2.15. The van der Waals surface area contributed by atoms with Gasteiger partial charge < -0.3 is 9.84 Å². The molecular weight excluding hydrogens is 306 g/mol. The van der Waals surface area contributed by atoms with Crippen LogP contribution in [0.3, 0.4) is 0 Å². The van der Waals surface area contributed by atoms with E-state index in [1.165, 1.54) is 11.4 Å². The third-order valence-corrected chi connectivity index (χ3v) is 6.34. The summed E-state index contributed by atoms with van der Waals surface area (Å²) >= 11 is 0. The minimum Gasteiger partial charge on any atom is -0.497 e. The number of carboxylic acid groups (broad SMARTS) is 1. The lowest BCUT2D eigenvalue weighted by molar-refractivity contribution is -0.140. The van der Waals surface area contributed by atoms with Gasteiger partial charge in [-0.25, -0.2) is 8.42 Å². The van der Waals surface area contributed by atoms with Crippen molar-refractivity contribution in [3.05, 3.63) is 29.8 Å². The van der Waals surface area contributed by atoms with Gasteiger partial charge in [-0.05, 0) is 42.4 Å². The predicted octanol–water partition coefficient (Wildman–Crippen LogP) is 1.46. The zero-order valence-corrected chi connectivity index (χ0v) is 13.2. The summed E-state index contributed by atoms with van der Waals surface area (Å²) in [6.07, 6.45) is 2.27. The highest BCUT2D eigenvalue weighted by Gasteiger charge is 2.57. The molecule has 0 bridgehead atoms. The first-order valence-corrected chi connectivity index (χ1v) is 8.81. The Balaban J connectivity index is 1.83. The molecule has 1 aromatic carbocycles. The van der Waals surface area contributed by atoms with Crippen molar-refractivity contribution >= 4 is 16.0 Å². The van der Waals surface area contributed by atoms with Crippen LogP contribution in [-0.4, -0.2) is 43.5 Å². The lowest BCUT2D eigenvalue weighted by Gasteiger charge is -2.21. The van der Waals surface area contributed by atoms with Crippen molar-refractivity contribution < 1.29 is 23.1 Å². The molecule has 120 valence electrons. The summed E-state index contributed by atoms with van der Waals surface area (Å²) in [5.74, 6) is -0.676. The molecule has 1 heterocycles. The highest BCUT2D eigenvalue weighted by atomic mass is 32.2. The van der Waals surface area contributed by atoms with E-state index in [-0.39, 0.29) is 11.2 Å². The minimum atomic E-state index is -3.67. The smallest absolute Gasteiger partial charge is 0.322 e. The minimum absolute atomic E-state index is 0.0928. The van der Waals surface area contributed by atoms with Crippen molar-refractivity contribution in [1.29, 1.82) is 0 Å². The van der Waals surface area contributed by atoms with Crippen LogP contribution in [0.1, 0.15) is 24.8 Å². The summed E-state index contributed by atoms with van der Waals surface area (Å²) in [4.78, 5) is 11.4. The molecule has 3 rings (SSSR count). The molecular formula is C15H19NO5S. The maximum Gasteiger partial charge on any atom is 0.322 e. The second kappa shape index (κ2) is 5.24. The topological polar surface area (TPSA) is 83.9 Å². The number of nitrogens with zero attached hydrogens (tertiary/aromatic N) is 1. The molecule has 0 aromatic heterocycles. The molecule has 7 heteroatoms. The first-order valence-electron chi connectivity index (χ1n) is 7.21. The highest BCUT2D eigenvalue weighted by Crippen LogP contribution is 2.55. The maximum absolute atomic E-state index is 12.7. The summed E-state index contributed by atoms with van der Waals surface area (Å²) in [6, 6.07) is 5.91. The Morgan fingerprint density at radius 1 is 1.45 bits per heavy atom. The Kier molecular flexibility index (Phi) is 3.65. The molecule has 6 nitrogen and oxygen atoms in total. The van der Waals surface area contributed by atoms with Gasteiger partial charge in [0.05, 0.1) is 12.9 Å². The van der Waals surface area contributed by atoms with Gasteiger partial charge in [-0.15, -0.1) is 0 Å². The number of ether oxygens (including phenoxy) is 1. The van der Waals surface area contributed by atoms with E-state index >= 15 is 0 Å². The highest BCUT2D eigenvalue weighted by molar-refractivity contribution is 7.88. The Bertz CT molecular complexity index is 696. The van der Waals surface area contributed by atoms with E-state index in [1.807, 2.05) is 0 Å². The summed E-state index contributed by atoms with van der Waals surface area (Å²) in [5, 5.41) is 9.33. The molecule has 1 N–H and O–H groups in total. The van der Waals surface area contributed by atoms with Gasteiger partial charge in [-0.2, -0.15) is 4.31 Å². The van der Waals surface area contributed by atoms with E-state index in [1.54, 1.807) is 24.3 Å². The second-order valence-electron chi connectivity index (χ2n) is 6.21. The lowest BCUT2D eigenvalue weighted by Crippen LogP contribution is -2.41. The van der Waals surface area contributed by atoms with Crippen LogP contribution in [0, 0.1) is 5.41 Å². The molecule has 1 saturated heterocycles. The number of hydrogen-bond acceptors (Lipinski definition) is 4. The average Bonchev–Trinajstić information content (AvgIpc) is 3.08. The largest absolute Gasteiger partial charge is 0.497 e. The number of hydrogen-bond donors (Lipinski definition) is 1. The second-order valence-corrected chi connectivity index (χ2v) is 8.13. The summed E-state index contributed by atoms with van der Waals surface area (Å²) in [5.41, 5.74) is 0.505. The molecule has 0 amide bonds. The number of rotatable bonds is 5. The normalized spacial score (nSPS) is 23.6. The number of carboxylic acids is 1. The molecule has 1 saturated carbocycles. The molecule has 1 aliphatic carbocycles. The van der Waals surface area contributed by atoms with E-state index < -0.39 is 22.0 Å². The molecule has 1 aromatic rings. The molecule has 22 heavy (non-hydrogen) atoms. The summed E-state index contributed by atoms with van der Waals surface area (Å²) in [6.45, 7) is 0.330. The van der Waals surface area contributed by atoms with Crippen LogP contribution in [0.4, 0.5) is 0 Å². The monoisotopic (exact) mass is 325 g/mol. The van der Waals surface area contributed by atoms with Crippen molar-refractivity contribution in [3.8, 4) is 5.75 Å². The first kappa shape index (κ1) is 15.3. The van der Waals surface area contributed by atoms with E-state index in [4.69, 9.17) is 4.74 Å². The zero-order chi connectivity index (χ0) is 16.0. The molecule has 2 aliphatic rings. The number of benzene rings is 1. The van der Waals surface area contributed by atoms with Crippen LogP contribution in [0.15, 0.2) is 24.3 Å². The first-order chi connectivity index (χ1) is 10.4. The van der Waals surface area contributed by atoms with Gasteiger partial charge in [0.15, 0.2) is 0 Å². The van der Waals surface area contributed by atoms with Gasteiger partial charge in [0.1, 0.15) is 11.8 Å². The third-order valence-electron chi connectivity index (χ3n) is 4.55. The van der Waals surface area contributed by atoms with Crippen LogP contribution in [0.2, 0.25) is 0 Å². The Hall–Kier alpha value is -1.60. The number of aliphatic carboxylic acids is 1. The fourth-order valence-corrected chi connectivity index (χ4v) is 4.90. The summed E-state index contributed by atoms with van der Waals surface area (Å²) < 4.78 is 31.6. The van der Waals surface area contributed by atoms with Gasteiger partial charge >= 0.3 is 5.97 Å². The van der Waals surface area contributed by atoms with Gasteiger partial charge in [-0.1, -0.05) is 12.1 Å². The van der Waals surface area contributed by atoms with Gasteiger partial charge in [0.25, 0.3) is 0 Å². The quantitative estimate of drug-likeness (QED) is 0.886. The van der Waals surface area contributed by atoms with Crippen LogP contribution < -0.4 is 4.74 Å². The predicted molar refractivity (Wildman–Crippen MR) is 80.0 cm³/mol.